The van der Waals surface area contributed by atoms with Crippen LogP contribution in [0.2, 0.25) is 0 Å². The fraction of sp³-hybridized carbons (Fsp3) is 0.833. The van der Waals surface area contributed by atoms with Crippen LogP contribution in [0.3, 0.4) is 0 Å². The van der Waals surface area contributed by atoms with E-state index in [4.69, 9.17) is 0 Å². The average Bonchev–Trinajstić information content (AvgIpc) is 2.34. The molecule has 0 atom stereocenters. The van der Waals surface area contributed by atoms with Crippen LogP contribution in [0.15, 0.2) is 0 Å². The summed E-state index contributed by atoms with van der Waals surface area (Å²) in [5.41, 5.74) is -1.31. The normalized spacial score (nSPS) is 17.7. The summed E-state index contributed by atoms with van der Waals surface area (Å²) in [6.07, 6.45) is 0.371. The smallest absolute Gasteiger partial charge is 0.306 e. The van der Waals surface area contributed by atoms with Crippen molar-refractivity contribution >= 4 is 11.9 Å². The van der Waals surface area contributed by atoms with Crippen LogP contribution in [-0.2, 0) is 14.3 Å². The Morgan fingerprint density at radius 2 is 1.78 bits per heavy atom. The number of amides is 1. The van der Waals surface area contributed by atoms with Crippen molar-refractivity contribution in [2.75, 3.05) is 39.8 Å². The molecule has 1 aliphatic heterocycles. The number of methoxy groups -OCH3 is 1. The zero-order chi connectivity index (χ0) is 13.8. The highest BCUT2D eigenvalue weighted by Gasteiger charge is 2.31. The standard InChI is InChI=1S/C12H22N2O4/c1-12(2,17)11(16)14-8-6-13(7-9-14)5-4-10(15)18-3/h17H,4-9H2,1-3H3. The molecular formula is C12H22N2O4. The number of carbonyl (C=O) groups is 2. The second kappa shape index (κ2) is 6.15. The van der Waals surface area contributed by atoms with Crippen molar-refractivity contribution in [3.8, 4) is 0 Å². The third kappa shape index (κ3) is 4.27. The highest BCUT2D eigenvalue weighted by Crippen LogP contribution is 2.10. The summed E-state index contributed by atoms with van der Waals surface area (Å²) >= 11 is 0. The van der Waals surface area contributed by atoms with E-state index >= 15 is 0 Å². The van der Waals surface area contributed by atoms with Crippen molar-refractivity contribution in [1.82, 2.24) is 9.80 Å². The molecule has 0 aliphatic carbocycles. The largest absolute Gasteiger partial charge is 0.469 e. The Labute approximate surface area is 107 Å². The fourth-order valence-electron chi connectivity index (χ4n) is 1.91. The van der Waals surface area contributed by atoms with E-state index in [1.807, 2.05) is 0 Å². The van der Waals surface area contributed by atoms with Gasteiger partial charge < -0.3 is 14.7 Å². The topological polar surface area (TPSA) is 70.1 Å². The molecule has 1 N–H and O–H groups in total. The molecule has 0 aromatic heterocycles. The molecule has 1 heterocycles. The number of rotatable bonds is 4. The highest BCUT2D eigenvalue weighted by atomic mass is 16.5. The third-order valence-corrected chi connectivity index (χ3v) is 3.04. The van der Waals surface area contributed by atoms with Crippen LogP contribution in [0, 0.1) is 0 Å². The van der Waals surface area contributed by atoms with Crippen LogP contribution in [0.5, 0.6) is 0 Å². The quantitative estimate of drug-likeness (QED) is 0.686. The molecule has 0 aromatic rings. The van der Waals surface area contributed by atoms with Crippen LogP contribution < -0.4 is 0 Å². The van der Waals surface area contributed by atoms with Gasteiger partial charge in [-0.15, -0.1) is 0 Å². The van der Waals surface area contributed by atoms with Crippen LogP contribution in [0.25, 0.3) is 0 Å². The summed E-state index contributed by atoms with van der Waals surface area (Å²) in [6.45, 7) is 6.26. The van der Waals surface area contributed by atoms with E-state index in [9.17, 15) is 14.7 Å². The maximum absolute atomic E-state index is 11.8. The number of esters is 1. The van der Waals surface area contributed by atoms with Gasteiger partial charge in [-0.3, -0.25) is 14.5 Å². The first-order valence-corrected chi connectivity index (χ1v) is 6.15. The number of carbonyl (C=O) groups excluding carboxylic acids is 2. The molecule has 1 aliphatic rings. The van der Waals surface area contributed by atoms with Crippen molar-refractivity contribution < 1.29 is 19.4 Å². The zero-order valence-electron chi connectivity index (χ0n) is 11.3. The van der Waals surface area contributed by atoms with Gasteiger partial charge in [0.15, 0.2) is 0 Å². The van der Waals surface area contributed by atoms with Crippen molar-refractivity contribution in [3.05, 3.63) is 0 Å². The van der Waals surface area contributed by atoms with Crippen LogP contribution in [0.4, 0.5) is 0 Å². The van der Waals surface area contributed by atoms with E-state index in [2.05, 4.69) is 9.64 Å². The van der Waals surface area contributed by atoms with Gasteiger partial charge in [-0.05, 0) is 13.8 Å². The lowest BCUT2D eigenvalue weighted by Crippen LogP contribution is -2.54. The van der Waals surface area contributed by atoms with E-state index in [-0.39, 0.29) is 11.9 Å². The summed E-state index contributed by atoms with van der Waals surface area (Å²) in [5.74, 6) is -0.458. The van der Waals surface area contributed by atoms with E-state index in [1.54, 1.807) is 4.90 Å². The molecule has 1 rings (SSSR count). The molecule has 0 bridgehead atoms. The third-order valence-electron chi connectivity index (χ3n) is 3.04. The van der Waals surface area contributed by atoms with Gasteiger partial charge in [-0.25, -0.2) is 0 Å². The van der Waals surface area contributed by atoms with Gasteiger partial charge in [0, 0.05) is 32.7 Å². The Morgan fingerprint density at radius 3 is 2.22 bits per heavy atom. The Kier molecular flexibility index (Phi) is 5.10. The Balaban J connectivity index is 2.33. The summed E-state index contributed by atoms with van der Waals surface area (Å²) in [6, 6.07) is 0. The Hall–Kier alpha value is -1.14. The minimum absolute atomic E-state index is 0.218. The maximum Gasteiger partial charge on any atom is 0.306 e. The molecule has 6 heteroatoms. The first kappa shape index (κ1) is 14.9. The van der Waals surface area contributed by atoms with Crippen molar-refractivity contribution in [1.29, 1.82) is 0 Å². The first-order valence-electron chi connectivity index (χ1n) is 6.15. The molecule has 0 saturated carbocycles. The molecule has 0 unspecified atom stereocenters. The predicted octanol–water partition coefficient (Wildman–Crippen LogP) is -0.535. The molecule has 0 radical (unpaired) electrons. The fourth-order valence-corrected chi connectivity index (χ4v) is 1.91. The summed E-state index contributed by atoms with van der Waals surface area (Å²) in [7, 11) is 1.38. The van der Waals surface area contributed by atoms with Gasteiger partial charge in [0.25, 0.3) is 5.91 Å². The van der Waals surface area contributed by atoms with Gasteiger partial charge in [0.2, 0.25) is 0 Å². The SMILES string of the molecule is COC(=O)CCN1CCN(C(=O)C(C)(C)O)CC1. The summed E-state index contributed by atoms with van der Waals surface area (Å²) in [5, 5.41) is 9.65. The monoisotopic (exact) mass is 258 g/mol. The molecule has 0 aromatic carbocycles. The lowest BCUT2D eigenvalue weighted by Gasteiger charge is -2.37. The van der Waals surface area contributed by atoms with Gasteiger partial charge in [0.1, 0.15) is 5.60 Å². The summed E-state index contributed by atoms with van der Waals surface area (Å²) < 4.78 is 4.58. The van der Waals surface area contributed by atoms with Crippen molar-refractivity contribution in [3.63, 3.8) is 0 Å². The first-order chi connectivity index (χ1) is 8.34. The van der Waals surface area contributed by atoms with Gasteiger partial charge in [0.05, 0.1) is 13.5 Å². The number of nitrogens with zero attached hydrogens (tertiary/aromatic N) is 2. The molecule has 1 fully saturated rings. The number of hydrogen-bond acceptors (Lipinski definition) is 5. The number of ether oxygens (including phenoxy) is 1. The van der Waals surface area contributed by atoms with Crippen LogP contribution in [0.1, 0.15) is 20.3 Å². The minimum atomic E-state index is -1.31. The number of hydrogen-bond donors (Lipinski definition) is 1. The maximum atomic E-state index is 11.8. The molecule has 104 valence electrons. The van der Waals surface area contributed by atoms with E-state index in [0.29, 0.717) is 26.1 Å². The molecular weight excluding hydrogens is 236 g/mol. The van der Waals surface area contributed by atoms with E-state index < -0.39 is 5.60 Å². The molecule has 6 nitrogen and oxygen atoms in total. The average molecular weight is 258 g/mol. The Bertz CT molecular complexity index is 304. The lowest BCUT2D eigenvalue weighted by atomic mass is 10.1. The van der Waals surface area contributed by atoms with Gasteiger partial charge in [-0.1, -0.05) is 0 Å². The Morgan fingerprint density at radius 1 is 1.22 bits per heavy atom. The minimum Gasteiger partial charge on any atom is -0.469 e. The highest BCUT2D eigenvalue weighted by molar-refractivity contribution is 5.84. The van der Waals surface area contributed by atoms with Crippen LogP contribution in [-0.4, -0.2) is 72.2 Å². The number of piperazine rings is 1. The predicted molar refractivity (Wildman–Crippen MR) is 66.0 cm³/mol. The molecule has 18 heavy (non-hydrogen) atoms. The molecule has 1 amide bonds. The van der Waals surface area contributed by atoms with E-state index in [0.717, 1.165) is 13.1 Å². The lowest BCUT2D eigenvalue weighted by molar-refractivity contribution is -0.150. The second-order valence-corrected chi connectivity index (χ2v) is 5.02. The van der Waals surface area contributed by atoms with Crippen molar-refractivity contribution in [2.24, 2.45) is 0 Å². The second-order valence-electron chi connectivity index (χ2n) is 5.02. The van der Waals surface area contributed by atoms with E-state index in [1.165, 1.54) is 21.0 Å². The zero-order valence-corrected chi connectivity index (χ0v) is 11.3. The molecule has 0 spiro atoms. The van der Waals surface area contributed by atoms with Gasteiger partial charge >= 0.3 is 5.97 Å². The molecule has 1 saturated heterocycles. The summed E-state index contributed by atoms with van der Waals surface area (Å²) in [4.78, 5) is 26.6. The van der Waals surface area contributed by atoms with Gasteiger partial charge in [-0.2, -0.15) is 0 Å². The van der Waals surface area contributed by atoms with Crippen LogP contribution >= 0.6 is 0 Å². The van der Waals surface area contributed by atoms with Crippen molar-refractivity contribution in [2.45, 2.75) is 25.9 Å². The number of aliphatic hydroxyl groups is 1.